The molecule has 0 aliphatic rings. The molecule has 0 aromatic carbocycles. The third-order valence-electron chi connectivity index (χ3n) is 1.66. The van der Waals surface area contributed by atoms with Gasteiger partial charge in [0.05, 0.1) is 0 Å². The van der Waals surface area contributed by atoms with Crippen LogP contribution in [0.4, 0.5) is 0 Å². The Morgan fingerprint density at radius 3 is 3.00 bits per heavy atom. The standard InChI is InChI=1S/C9H11ClN2O2/c10-3-1-4-12-9(14)7-6-11-5-2-8(7)13/h2,5-6H,1,3-4H2,(H,11,13)(H,12,14). The number of amides is 1. The minimum absolute atomic E-state index is 0.127. The van der Waals surface area contributed by atoms with Crippen LogP contribution in [0.2, 0.25) is 0 Å². The first-order valence-electron chi connectivity index (χ1n) is 4.27. The second-order valence-corrected chi connectivity index (χ2v) is 3.10. The first kappa shape index (κ1) is 10.8. The molecule has 0 bridgehead atoms. The van der Waals surface area contributed by atoms with Crippen molar-refractivity contribution < 1.29 is 4.79 Å². The van der Waals surface area contributed by atoms with Crippen molar-refractivity contribution in [1.82, 2.24) is 10.3 Å². The number of aromatic nitrogens is 1. The SMILES string of the molecule is O=C(NCCCCl)c1c[nH]ccc1=O. The van der Waals surface area contributed by atoms with Crippen LogP contribution in [0.3, 0.4) is 0 Å². The summed E-state index contributed by atoms with van der Waals surface area (Å²) in [6.07, 6.45) is 3.56. The van der Waals surface area contributed by atoms with E-state index in [-0.39, 0.29) is 16.9 Å². The van der Waals surface area contributed by atoms with E-state index in [2.05, 4.69) is 10.3 Å². The fourth-order valence-corrected chi connectivity index (χ4v) is 1.09. The first-order valence-corrected chi connectivity index (χ1v) is 4.80. The maximum absolute atomic E-state index is 11.4. The lowest BCUT2D eigenvalue weighted by atomic mass is 10.2. The number of carbonyl (C=O) groups is 1. The maximum atomic E-state index is 11.4. The number of halogens is 1. The summed E-state index contributed by atoms with van der Waals surface area (Å²) >= 11 is 5.44. The van der Waals surface area contributed by atoms with Gasteiger partial charge in [-0.05, 0) is 6.42 Å². The molecule has 1 rings (SSSR count). The summed E-state index contributed by atoms with van der Waals surface area (Å²) in [5.74, 6) is 0.128. The molecule has 0 saturated carbocycles. The van der Waals surface area contributed by atoms with Gasteiger partial charge in [0.1, 0.15) is 5.56 Å². The molecule has 1 amide bonds. The van der Waals surface area contributed by atoms with Crippen LogP contribution in [0.15, 0.2) is 23.3 Å². The van der Waals surface area contributed by atoms with E-state index >= 15 is 0 Å². The summed E-state index contributed by atoms with van der Waals surface area (Å²) in [5.41, 5.74) is -0.158. The van der Waals surface area contributed by atoms with Gasteiger partial charge in [-0.15, -0.1) is 11.6 Å². The number of carbonyl (C=O) groups excluding carboxylic acids is 1. The Morgan fingerprint density at radius 1 is 1.57 bits per heavy atom. The Balaban J connectivity index is 2.61. The van der Waals surface area contributed by atoms with Crippen LogP contribution in [-0.2, 0) is 0 Å². The van der Waals surface area contributed by atoms with Crippen molar-refractivity contribution in [2.75, 3.05) is 12.4 Å². The van der Waals surface area contributed by atoms with Crippen molar-refractivity contribution >= 4 is 17.5 Å². The number of H-pyrrole nitrogens is 1. The van der Waals surface area contributed by atoms with Crippen molar-refractivity contribution in [2.45, 2.75) is 6.42 Å². The van der Waals surface area contributed by atoms with E-state index in [9.17, 15) is 9.59 Å². The summed E-state index contributed by atoms with van der Waals surface area (Å²) in [6.45, 7) is 0.483. The van der Waals surface area contributed by atoms with Crippen LogP contribution < -0.4 is 10.7 Å². The number of hydrogen-bond acceptors (Lipinski definition) is 2. The number of rotatable bonds is 4. The minimum Gasteiger partial charge on any atom is -0.367 e. The minimum atomic E-state index is -0.364. The van der Waals surface area contributed by atoms with Crippen LogP contribution in [-0.4, -0.2) is 23.3 Å². The number of alkyl halides is 1. The molecule has 5 heteroatoms. The highest BCUT2D eigenvalue weighted by Crippen LogP contribution is 1.88. The van der Waals surface area contributed by atoms with Gasteiger partial charge in [-0.25, -0.2) is 0 Å². The van der Waals surface area contributed by atoms with E-state index < -0.39 is 0 Å². The van der Waals surface area contributed by atoms with Gasteiger partial charge in [-0.1, -0.05) is 0 Å². The fourth-order valence-electron chi connectivity index (χ4n) is 0.958. The second-order valence-electron chi connectivity index (χ2n) is 2.72. The van der Waals surface area contributed by atoms with Gasteiger partial charge >= 0.3 is 0 Å². The smallest absolute Gasteiger partial charge is 0.256 e. The quantitative estimate of drug-likeness (QED) is 0.574. The molecule has 0 aliphatic heterocycles. The lowest BCUT2D eigenvalue weighted by Gasteiger charge is -2.01. The fraction of sp³-hybridized carbons (Fsp3) is 0.333. The Morgan fingerprint density at radius 2 is 2.36 bits per heavy atom. The lowest BCUT2D eigenvalue weighted by Crippen LogP contribution is -2.29. The Hall–Kier alpha value is -1.29. The average Bonchev–Trinajstić information content (AvgIpc) is 2.18. The van der Waals surface area contributed by atoms with Gasteiger partial charge in [0, 0.05) is 30.9 Å². The first-order chi connectivity index (χ1) is 6.75. The molecule has 0 radical (unpaired) electrons. The van der Waals surface area contributed by atoms with Crippen LogP contribution in [0.25, 0.3) is 0 Å². The van der Waals surface area contributed by atoms with Crippen LogP contribution in [0.1, 0.15) is 16.8 Å². The Kier molecular flexibility index (Phi) is 4.19. The number of aromatic amines is 1. The van der Waals surface area contributed by atoms with Crippen LogP contribution in [0, 0.1) is 0 Å². The molecule has 76 valence electrons. The molecule has 1 aromatic heterocycles. The van der Waals surface area contributed by atoms with Crippen LogP contribution in [0.5, 0.6) is 0 Å². The highest BCUT2D eigenvalue weighted by atomic mass is 35.5. The third-order valence-corrected chi connectivity index (χ3v) is 1.93. The van der Waals surface area contributed by atoms with Gasteiger partial charge in [0.25, 0.3) is 5.91 Å². The molecule has 1 aromatic rings. The van der Waals surface area contributed by atoms with Gasteiger partial charge < -0.3 is 10.3 Å². The van der Waals surface area contributed by atoms with E-state index in [0.717, 1.165) is 0 Å². The van der Waals surface area contributed by atoms with E-state index in [4.69, 9.17) is 11.6 Å². The summed E-state index contributed by atoms with van der Waals surface area (Å²) in [7, 11) is 0. The zero-order valence-corrected chi connectivity index (χ0v) is 8.30. The van der Waals surface area contributed by atoms with Crippen molar-refractivity contribution in [3.8, 4) is 0 Å². The molecule has 1 heterocycles. The molecule has 0 spiro atoms. The molecule has 2 N–H and O–H groups in total. The van der Waals surface area contributed by atoms with E-state index in [1.54, 1.807) is 0 Å². The Labute approximate surface area is 86.3 Å². The predicted octanol–water partition coefficient (Wildman–Crippen LogP) is 0.734. The van der Waals surface area contributed by atoms with E-state index in [0.29, 0.717) is 18.8 Å². The Bertz CT molecular complexity index is 362. The number of hydrogen-bond donors (Lipinski definition) is 2. The molecular formula is C9H11ClN2O2. The predicted molar refractivity (Wildman–Crippen MR) is 54.7 cm³/mol. The molecule has 4 nitrogen and oxygen atoms in total. The second kappa shape index (κ2) is 5.44. The zero-order valence-electron chi connectivity index (χ0n) is 7.55. The zero-order chi connectivity index (χ0) is 10.4. The largest absolute Gasteiger partial charge is 0.367 e. The van der Waals surface area contributed by atoms with Gasteiger partial charge in [-0.2, -0.15) is 0 Å². The lowest BCUT2D eigenvalue weighted by molar-refractivity contribution is 0.0952. The van der Waals surface area contributed by atoms with E-state index in [1.807, 2.05) is 0 Å². The maximum Gasteiger partial charge on any atom is 0.256 e. The third kappa shape index (κ3) is 2.88. The van der Waals surface area contributed by atoms with Crippen molar-refractivity contribution in [2.24, 2.45) is 0 Å². The summed E-state index contributed by atoms with van der Waals surface area (Å²) in [6, 6.07) is 1.32. The normalized spacial score (nSPS) is 9.79. The summed E-state index contributed by atoms with van der Waals surface area (Å²) in [4.78, 5) is 25.2. The van der Waals surface area contributed by atoms with Gasteiger partial charge in [-0.3, -0.25) is 9.59 Å². The van der Waals surface area contributed by atoms with Crippen LogP contribution >= 0.6 is 11.6 Å². The molecule has 0 unspecified atom stereocenters. The highest BCUT2D eigenvalue weighted by molar-refractivity contribution is 6.17. The molecule has 0 fully saturated rings. The summed E-state index contributed by atoms with van der Waals surface area (Å²) in [5, 5.41) is 2.60. The highest BCUT2D eigenvalue weighted by Gasteiger charge is 2.07. The van der Waals surface area contributed by atoms with E-state index in [1.165, 1.54) is 18.5 Å². The van der Waals surface area contributed by atoms with Gasteiger partial charge in [0.2, 0.25) is 0 Å². The number of nitrogens with one attached hydrogen (secondary N) is 2. The number of pyridine rings is 1. The molecule has 0 atom stereocenters. The summed E-state index contributed by atoms with van der Waals surface area (Å²) < 4.78 is 0. The van der Waals surface area contributed by atoms with Crippen molar-refractivity contribution in [1.29, 1.82) is 0 Å². The molecular weight excluding hydrogens is 204 g/mol. The molecule has 0 saturated heterocycles. The monoisotopic (exact) mass is 214 g/mol. The molecule has 0 aliphatic carbocycles. The van der Waals surface area contributed by atoms with Crippen molar-refractivity contribution in [3.63, 3.8) is 0 Å². The molecule has 14 heavy (non-hydrogen) atoms. The van der Waals surface area contributed by atoms with Gasteiger partial charge in [0.15, 0.2) is 5.43 Å². The van der Waals surface area contributed by atoms with Crippen molar-refractivity contribution in [3.05, 3.63) is 34.2 Å². The average molecular weight is 215 g/mol. The topological polar surface area (TPSA) is 62.0 Å².